The quantitative estimate of drug-likeness (QED) is 0.400. The second kappa shape index (κ2) is 6.06. The van der Waals surface area contributed by atoms with E-state index < -0.39 is 0 Å². The van der Waals surface area contributed by atoms with E-state index in [1.807, 2.05) is 0 Å². The van der Waals surface area contributed by atoms with Crippen molar-refractivity contribution in [1.29, 1.82) is 0 Å². The average molecular weight is 393 g/mol. The van der Waals surface area contributed by atoms with Gasteiger partial charge in [0.15, 0.2) is 0 Å². The van der Waals surface area contributed by atoms with Crippen LogP contribution in [0, 0.1) is 5.41 Å². The Kier molecular flexibility index (Phi) is 3.29. The minimum absolute atomic E-state index is 0.298. The van der Waals surface area contributed by atoms with Gasteiger partial charge in [0.05, 0.1) is 5.41 Å². The molecule has 0 fully saturated rings. The second-order valence-corrected chi connectivity index (χ2v) is 8.56. The third-order valence-electron chi connectivity index (χ3n) is 7.07. The van der Waals surface area contributed by atoms with Crippen LogP contribution in [0.1, 0.15) is 27.8 Å². The van der Waals surface area contributed by atoms with Gasteiger partial charge in [0.25, 0.3) is 0 Å². The first kappa shape index (κ1) is 16.8. The Morgan fingerprint density at radius 2 is 1.06 bits per heavy atom. The van der Waals surface area contributed by atoms with Crippen LogP contribution in [0.2, 0.25) is 0 Å². The molecule has 144 valence electrons. The minimum atomic E-state index is -0.298. The highest BCUT2D eigenvalue weighted by Crippen LogP contribution is 2.63. The summed E-state index contributed by atoms with van der Waals surface area (Å²) in [4.78, 5) is 0. The molecule has 0 heteroatoms. The van der Waals surface area contributed by atoms with Crippen LogP contribution in [0.5, 0.6) is 0 Å². The fourth-order valence-corrected chi connectivity index (χ4v) is 5.74. The summed E-state index contributed by atoms with van der Waals surface area (Å²) < 4.78 is 0. The van der Waals surface area contributed by atoms with E-state index in [-0.39, 0.29) is 5.41 Å². The molecule has 0 heterocycles. The lowest BCUT2D eigenvalue weighted by Crippen LogP contribution is -2.28. The maximum atomic E-state index is 2.41. The molecule has 3 aromatic rings. The van der Waals surface area contributed by atoms with Crippen LogP contribution in [0.15, 0.2) is 120 Å². The molecule has 0 radical (unpaired) electrons. The summed E-state index contributed by atoms with van der Waals surface area (Å²) in [6.45, 7) is 0. The summed E-state index contributed by atoms with van der Waals surface area (Å²) in [6, 6.07) is 28.4. The van der Waals surface area contributed by atoms with E-state index in [4.69, 9.17) is 0 Å². The Balaban J connectivity index is 1.54. The van der Waals surface area contributed by atoms with Gasteiger partial charge in [0.2, 0.25) is 0 Å². The standard InChI is InChI=1S/C31H20/c1-2-9-21(10-3-1)28-17-16-27-25-14-7-5-12-23(25)20-30(27)31(28)18-8-15-26-24-13-6-4-11-22(24)19-29(26)31/h1-20H. The molecule has 0 saturated heterocycles. The smallest absolute Gasteiger partial charge is 0.0651 e. The van der Waals surface area contributed by atoms with Gasteiger partial charge in [0.1, 0.15) is 0 Å². The van der Waals surface area contributed by atoms with E-state index in [2.05, 4.69) is 121 Å². The molecular formula is C31H20. The molecule has 0 nitrogen and oxygen atoms in total. The summed E-state index contributed by atoms with van der Waals surface area (Å²) in [7, 11) is 0. The van der Waals surface area contributed by atoms with Crippen LogP contribution < -0.4 is 0 Å². The highest BCUT2D eigenvalue weighted by molar-refractivity contribution is 6.10. The minimum Gasteiger partial charge on any atom is -0.0651 e. The zero-order valence-electron chi connectivity index (χ0n) is 17.0. The van der Waals surface area contributed by atoms with Crippen LogP contribution >= 0.6 is 0 Å². The second-order valence-electron chi connectivity index (χ2n) is 8.56. The Morgan fingerprint density at radius 3 is 1.74 bits per heavy atom. The van der Waals surface area contributed by atoms with Crippen LogP contribution in [0.3, 0.4) is 0 Å². The molecule has 0 amide bonds. The monoisotopic (exact) mass is 392 g/mol. The molecule has 1 unspecified atom stereocenters. The summed E-state index contributed by atoms with van der Waals surface area (Å²) in [6.07, 6.45) is 16.5. The van der Waals surface area contributed by atoms with Crippen LogP contribution in [0.25, 0.3) is 28.9 Å². The summed E-state index contributed by atoms with van der Waals surface area (Å²) in [5, 5.41) is 0. The molecule has 4 aliphatic rings. The van der Waals surface area contributed by atoms with E-state index in [1.54, 1.807) is 0 Å². The lowest BCUT2D eigenvalue weighted by Gasteiger charge is -2.42. The van der Waals surface area contributed by atoms with E-state index in [1.165, 1.54) is 55.7 Å². The molecular weight excluding hydrogens is 372 g/mol. The van der Waals surface area contributed by atoms with Gasteiger partial charge < -0.3 is 0 Å². The zero-order valence-corrected chi connectivity index (χ0v) is 17.0. The SMILES string of the molecule is C1=CC2(C3=Cc4ccccc4C3=C1)C1=Cc3ccccc3C1=CC=C2c1ccccc1. The van der Waals surface area contributed by atoms with Crippen molar-refractivity contribution in [2.24, 2.45) is 5.41 Å². The fraction of sp³-hybridized carbons (Fsp3) is 0.0323. The Hall–Kier alpha value is -3.90. The third-order valence-corrected chi connectivity index (χ3v) is 7.07. The third kappa shape index (κ3) is 2.14. The van der Waals surface area contributed by atoms with Gasteiger partial charge in [-0.25, -0.2) is 0 Å². The highest BCUT2D eigenvalue weighted by atomic mass is 14.5. The van der Waals surface area contributed by atoms with Crippen molar-refractivity contribution in [2.45, 2.75) is 0 Å². The Morgan fingerprint density at radius 1 is 0.484 bits per heavy atom. The molecule has 0 aromatic heterocycles. The topological polar surface area (TPSA) is 0 Å². The predicted octanol–water partition coefficient (Wildman–Crippen LogP) is 7.60. The summed E-state index contributed by atoms with van der Waals surface area (Å²) in [5.41, 5.74) is 13.1. The van der Waals surface area contributed by atoms with Crippen molar-refractivity contribution in [2.75, 3.05) is 0 Å². The van der Waals surface area contributed by atoms with Gasteiger partial charge in [-0.3, -0.25) is 0 Å². The van der Waals surface area contributed by atoms with Crippen LogP contribution in [0.4, 0.5) is 0 Å². The molecule has 1 spiro atoms. The largest absolute Gasteiger partial charge is 0.0653 e. The number of hydrogen-bond donors (Lipinski definition) is 0. The number of fused-ring (bicyclic) bond motifs is 8. The number of rotatable bonds is 1. The molecule has 31 heavy (non-hydrogen) atoms. The molecule has 7 rings (SSSR count). The number of benzene rings is 3. The molecule has 4 aliphatic carbocycles. The fourth-order valence-electron chi connectivity index (χ4n) is 5.74. The van der Waals surface area contributed by atoms with Crippen molar-refractivity contribution in [3.05, 3.63) is 148 Å². The molecule has 1 atom stereocenters. The number of hydrogen-bond acceptors (Lipinski definition) is 0. The van der Waals surface area contributed by atoms with E-state index >= 15 is 0 Å². The average Bonchev–Trinajstić information content (AvgIpc) is 3.40. The van der Waals surface area contributed by atoms with Crippen molar-refractivity contribution in [1.82, 2.24) is 0 Å². The highest BCUT2D eigenvalue weighted by Gasteiger charge is 2.48. The van der Waals surface area contributed by atoms with Gasteiger partial charge in [-0.2, -0.15) is 0 Å². The van der Waals surface area contributed by atoms with Crippen molar-refractivity contribution < 1.29 is 0 Å². The van der Waals surface area contributed by atoms with Gasteiger partial charge in [-0.1, -0.05) is 109 Å². The van der Waals surface area contributed by atoms with Crippen molar-refractivity contribution in [3.8, 4) is 0 Å². The van der Waals surface area contributed by atoms with Crippen molar-refractivity contribution in [3.63, 3.8) is 0 Å². The Bertz CT molecular complexity index is 1430. The van der Waals surface area contributed by atoms with E-state index in [0.29, 0.717) is 0 Å². The molecule has 0 saturated carbocycles. The number of allylic oxidation sites excluding steroid dienone is 10. The van der Waals surface area contributed by atoms with E-state index in [9.17, 15) is 0 Å². The van der Waals surface area contributed by atoms with Gasteiger partial charge in [-0.05, 0) is 67.8 Å². The van der Waals surface area contributed by atoms with Gasteiger partial charge >= 0.3 is 0 Å². The van der Waals surface area contributed by atoms with Gasteiger partial charge in [-0.15, -0.1) is 0 Å². The van der Waals surface area contributed by atoms with E-state index in [0.717, 1.165) is 0 Å². The maximum absolute atomic E-state index is 2.41. The molecule has 0 aliphatic heterocycles. The zero-order chi connectivity index (χ0) is 20.4. The van der Waals surface area contributed by atoms with Crippen LogP contribution in [-0.2, 0) is 0 Å². The summed E-state index contributed by atoms with van der Waals surface area (Å²) in [5.74, 6) is 0. The summed E-state index contributed by atoms with van der Waals surface area (Å²) >= 11 is 0. The normalized spacial score (nSPS) is 21.9. The van der Waals surface area contributed by atoms with Gasteiger partial charge in [0, 0.05) is 0 Å². The first-order valence-electron chi connectivity index (χ1n) is 10.9. The Labute approximate surface area is 182 Å². The molecule has 3 aromatic carbocycles. The predicted molar refractivity (Wildman–Crippen MR) is 131 cm³/mol. The first-order chi connectivity index (χ1) is 15.4. The lowest BCUT2D eigenvalue weighted by molar-refractivity contribution is 0.779. The molecule has 0 N–H and O–H groups in total. The maximum Gasteiger partial charge on any atom is 0.0653 e. The van der Waals surface area contributed by atoms with Crippen LogP contribution in [-0.4, -0.2) is 0 Å². The van der Waals surface area contributed by atoms with Crippen molar-refractivity contribution >= 4 is 28.9 Å². The lowest BCUT2D eigenvalue weighted by atomic mass is 9.60. The first-order valence-corrected chi connectivity index (χ1v) is 10.9. The molecule has 0 bridgehead atoms.